The van der Waals surface area contributed by atoms with E-state index >= 15 is 0 Å². The van der Waals surface area contributed by atoms with Crippen molar-refractivity contribution in [1.82, 2.24) is 19.6 Å². The van der Waals surface area contributed by atoms with Gasteiger partial charge in [0.15, 0.2) is 0 Å². The van der Waals surface area contributed by atoms with Crippen LogP contribution in [0.3, 0.4) is 0 Å². The van der Waals surface area contributed by atoms with E-state index in [-0.39, 0.29) is 23.7 Å². The molecule has 3 aliphatic rings. The number of aliphatic hydroxyl groups excluding tert-OH is 1. The highest BCUT2D eigenvalue weighted by Crippen LogP contribution is 2.51. The Labute approximate surface area is 189 Å². The molecule has 0 radical (unpaired) electrons. The van der Waals surface area contributed by atoms with Crippen molar-refractivity contribution in [2.75, 3.05) is 19.6 Å². The topological polar surface area (TPSA) is 86.9 Å². The van der Waals surface area contributed by atoms with E-state index in [1.165, 1.54) is 44.9 Å². The van der Waals surface area contributed by atoms with Crippen LogP contribution >= 0.6 is 0 Å². The van der Waals surface area contributed by atoms with Gasteiger partial charge in [0.2, 0.25) is 5.91 Å². The van der Waals surface area contributed by atoms with Crippen molar-refractivity contribution in [3.63, 3.8) is 0 Å². The number of nitrogens with zero attached hydrogens (tertiary/aromatic N) is 3. The van der Waals surface area contributed by atoms with E-state index in [2.05, 4.69) is 17.2 Å². The van der Waals surface area contributed by atoms with Crippen LogP contribution in [-0.2, 0) is 11.2 Å². The molecule has 7 nitrogen and oxygen atoms in total. The fraction of sp³-hybridized carbons (Fsp3) is 0.640. The summed E-state index contributed by atoms with van der Waals surface area (Å²) in [6.45, 7) is 3.82. The second-order valence-electron chi connectivity index (χ2n) is 10.4. The molecule has 2 aromatic rings. The zero-order chi connectivity index (χ0) is 22.3. The van der Waals surface area contributed by atoms with Gasteiger partial charge in [0.1, 0.15) is 11.3 Å². The molecule has 3 fully saturated rings. The van der Waals surface area contributed by atoms with Crippen molar-refractivity contribution in [3.8, 4) is 0 Å². The van der Waals surface area contributed by atoms with Crippen LogP contribution in [-0.4, -0.2) is 56.9 Å². The van der Waals surface area contributed by atoms with E-state index < -0.39 is 6.10 Å². The molecule has 2 aromatic heterocycles. The maximum Gasteiger partial charge on any atom is 0.268 e. The molecule has 32 heavy (non-hydrogen) atoms. The van der Waals surface area contributed by atoms with Gasteiger partial charge < -0.3 is 15.3 Å². The van der Waals surface area contributed by atoms with Crippen LogP contribution in [0.4, 0.5) is 0 Å². The summed E-state index contributed by atoms with van der Waals surface area (Å²) in [6.07, 6.45) is 10.5. The lowest BCUT2D eigenvalue weighted by atomic mass is 9.58. The number of aromatic nitrogens is 2. The maximum absolute atomic E-state index is 13.2. The SMILES string of the molecule is CCC1CC2CCCC(CNC(=O)c3cccc4nc(CC(=O)N5CC(O)C5)cn34)(C1)C2. The molecule has 3 heterocycles. The third-order valence-electron chi connectivity index (χ3n) is 7.95. The van der Waals surface area contributed by atoms with Crippen LogP contribution in [0.25, 0.3) is 5.65 Å². The van der Waals surface area contributed by atoms with Crippen molar-refractivity contribution < 1.29 is 14.7 Å². The molecule has 5 rings (SSSR count). The minimum Gasteiger partial charge on any atom is -0.389 e. The number of nitrogens with one attached hydrogen (secondary N) is 1. The Balaban J connectivity index is 1.28. The number of aliphatic hydroxyl groups is 1. The van der Waals surface area contributed by atoms with E-state index in [0.29, 0.717) is 30.1 Å². The largest absolute Gasteiger partial charge is 0.389 e. The number of carbonyl (C=O) groups is 2. The lowest BCUT2D eigenvalue weighted by molar-refractivity contribution is -0.140. The van der Waals surface area contributed by atoms with Gasteiger partial charge in [0, 0.05) is 25.8 Å². The van der Waals surface area contributed by atoms with Gasteiger partial charge in [-0.25, -0.2) is 4.98 Å². The molecule has 1 saturated heterocycles. The van der Waals surface area contributed by atoms with Gasteiger partial charge >= 0.3 is 0 Å². The van der Waals surface area contributed by atoms with Crippen LogP contribution in [0.1, 0.15) is 68.1 Å². The number of likely N-dealkylation sites (tertiary alicyclic amines) is 1. The summed E-state index contributed by atoms with van der Waals surface area (Å²) in [5, 5.41) is 12.7. The maximum atomic E-state index is 13.2. The van der Waals surface area contributed by atoms with E-state index in [9.17, 15) is 14.7 Å². The first-order chi connectivity index (χ1) is 15.4. The number of pyridine rings is 1. The van der Waals surface area contributed by atoms with Crippen molar-refractivity contribution in [2.45, 2.75) is 64.4 Å². The number of rotatable bonds is 6. The zero-order valence-electron chi connectivity index (χ0n) is 18.9. The van der Waals surface area contributed by atoms with Crippen LogP contribution in [0.2, 0.25) is 0 Å². The number of hydrogen-bond acceptors (Lipinski definition) is 4. The smallest absolute Gasteiger partial charge is 0.268 e. The Morgan fingerprint density at radius 2 is 2.12 bits per heavy atom. The summed E-state index contributed by atoms with van der Waals surface area (Å²) in [5.74, 6) is 1.49. The van der Waals surface area contributed by atoms with Crippen molar-refractivity contribution in [2.24, 2.45) is 17.3 Å². The Morgan fingerprint density at radius 3 is 2.91 bits per heavy atom. The minimum absolute atomic E-state index is 0.0431. The fourth-order valence-electron chi connectivity index (χ4n) is 6.30. The Bertz CT molecular complexity index is 1010. The molecule has 2 bridgehead atoms. The highest BCUT2D eigenvalue weighted by molar-refractivity contribution is 5.93. The number of carbonyl (C=O) groups excluding carboxylic acids is 2. The number of β-amino-alcohol motifs (C(OH)–C–C–N with tert-alkyl or cyclic N) is 1. The predicted octanol–water partition coefficient (Wildman–Crippen LogP) is 2.81. The molecule has 0 aromatic carbocycles. The van der Waals surface area contributed by atoms with Crippen molar-refractivity contribution in [1.29, 1.82) is 0 Å². The highest BCUT2D eigenvalue weighted by atomic mass is 16.3. The number of imidazole rings is 1. The van der Waals surface area contributed by atoms with Gasteiger partial charge in [0.25, 0.3) is 5.91 Å². The Hall–Kier alpha value is -2.41. The molecule has 172 valence electrons. The second kappa shape index (κ2) is 8.50. The van der Waals surface area contributed by atoms with E-state index in [0.717, 1.165) is 18.4 Å². The van der Waals surface area contributed by atoms with Gasteiger partial charge in [0.05, 0.1) is 18.2 Å². The molecule has 3 atom stereocenters. The zero-order valence-corrected chi connectivity index (χ0v) is 18.9. The molecule has 7 heteroatoms. The lowest BCUT2D eigenvalue weighted by Crippen LogP contribution is -2.53. The lowest BCUT2D eigenvalue weighted by Gasteiger charge is -2.48. The monoisotopic (exact) mass is 438 g/mol. The van der Waals surface area contributed by atoms with Crippen LogP contribution < -0.4 is 5.32 Å². The molecule has 2 saturated carbocycles. The number of hydrogen-bond donors (Lipinski definition) is 2. The quantitative estimate of drug-likeness (QED) is 0.726. The van der Waals surface area contributed by atoms with Gasteiger partial charge in [-0.1, -0.05) is 32.3 Å². The van der Waals surface area contributed by atoms with Gasteiger partial charge in [-0.05, 0) is 55.1 Å². The summed E-state index contributed by atoms with van der Waals surface area (Å²) in [5.41, 5.74) is 2.12. The van der Waals surface area contributed by atoms with Crippen molar-refractivity contribution in [3.05, 3.63) is 35.8 Å². The number of fused-ring (bicyclic) bond motifs is 3. The summed E-state index contributed by atoms with van der Waals surface area (Å²) in [6, 6.07) is 5.52. The van der Waals surface area contributed by atoms with Crippen LogP contribution in [0, 0.1) is 17.3 Å². The highest BCUT2D eigenvalue weighted by Gasteiger charge is 2.42. The third-order valence-corrected chi connectivity index (χ3v) is 7.95. The molecule has 0 spiro atoms. The van der Waals surface area contributed by atoms with Crippen LogP contribution in [0.5, 0.6) is 0 Å². The van der Waals surface area contributed by atoms with Crippen molar-refractivity contribution >= 4 is 17.5 Å². The first kappa shape index (κ1) is 21.4. The van der Waals surface area contributed by atoms with E-state index in [1.807, 2.05) is 18.2 Å². The van der Waals surface area contributed by atoms with Gasteiger partial charge in [-0.3, -0.25) is 14.0 Å². The Morgan fingerprint density at radius 1 is 1.28 bits per heavy atom. The summed E-state index contributed by atoms with van der Waals surface area (Å²) in [4.78, 5) is 31.7. The average Bonchev–Trinajstić information content (AvgIpc) is 3.17. The van der Waals surface area contributed by atoms with Gasteiger partial charge in [-0.15, -0.1) is 0 Å². The first-order valence-corrected chi connectivity index (χ1v) is 12.2. The fourth-order valence-corrected chi connectivity index (χ4v) is 6.30. The number of amides is 2. The average molecular weight is 439 g/mol. The van der Waals surface area contributed by atoms with E-state index in [4.69, 9.17) is 0 Å². The van der Waals surface area contributed by atoms with Crippen LogP contribution in [0.15, 0.2) is 24.4 Å². The minimum atomic E-state index is -0.411. The predicted molar refractivity (Wildman–Crippen MR) is 121 cm³/mol. The molecule has 2 aliphatic carbocycles. The van der Waals surface area contributed by atoms with E-state index in [1.54, 1.807) is 15.5 Å². The second-order valence-corrected chi connectivity index (χ2v) is 10.4. The summed E-state index contributed by atoms with van der Waals surface area (Å²) in [7, 11) is 0. The molecule has 2 amide bonds. The first-order valence-electron chi connectivity index (χ1n) is 12.2. The molecular weight excluding hydrogens is 404 g/mol. The molecular formula is C25H34N4O3. The summed E-state index contributed by atoms with van der Waals surface area (Å²) >= 11 is 0. The Kier molecular flexibility index (Phi) is 5.70. The van der Waals surface area contributed by atoms with Gasteiger partial charge in [-0.2, -0.15) is 0 Å². The molecule has 1 aliphatic heterocycles. The normalized spacial score (nSPS) is 27.9. The molecule has 3 unspecified atom stereocenters. The third kappa shape index (κ3) is 4.15. The summed E-state index contributed by atoms with van der Waals surface area (Å²) < 4.78 is 1.79. The standard InChI is InChI=1S/C25H34N4O3/c1-2-17-9-18-5-4-8-25(11-17,12-18)16-26-24(32)21-6-3-7-22-27-19(13-29(21)22)10-23(31)28-14-20(30)15-28/h3,6-7,13,17-18,20,30H,2,4-5,8-12,14-16H2,1H3,(H,26,32). The molecule has 2 N–H and O–H groups in total.